The molecule has 3 rings (SSSR count). The van der Waals surface area contributed by atoms with Crippen LogP contribution >= 0.6 is 23.8 Å². The highest BCUT2D eigenvalue weighted by Gasteiger charge is 2.19. The molecule has 1 saturated heterocycles. The molecule has 2 aromatic rings. The van der Waals surface area contributed by atoms with Crippen molar-refractivity contribution in [2.75, 3.05) is 18.4 Å². The van der Waals surface area contributed by atoms with Crippen molar-refractivity contribution in [1.82, 2.24) is 4.90 Å². The van der Waals surface area contributed by atoms with Gasteiger partial charge in [-0.1, -0.05) is 24.6 Å². The van der Waals surface area contributed by atoms with Crippen molar-refractivity contribution < 1.29 is 9.53 Å². The van der Waals surface area contributed by atoms with Gasteiger partial charge in [0.1, 0.15) is 5.75 Å². The highest BCUT2D eigenvalue weighted by atomic mass is 35.5. The van der Waals surface area contributed by atoms with Gasteiger partial charge in [0.25, 0.3) is 11.1 Å². The number of anilines is 1. The number of carbonyl (C=O) groups excluding carboxylic acids is 1. The van der Waals surface area contributed by atoms with Crippen LogP contribution in [-0.2, 0) is 0 Å². The number of benzene rings is 2. The molecular weight excluding hydrogens is 368 g/mol. The zero-order chi connectivity index (χ0) is 18.5. The maximum Gasteiger partial charge on any atom is 0.264 e. The Morgan fingerprint density at radius 3 is 2.58 bits per heavy atom. The lowest BCUT2D eigenvalue weighted by Crippen LogP contribution is -2.39. The van der Waals surface area contributed by atoms with Gasteiger partial charge in [0, 0.05) is 29.4 Å². The molecule has 0 spiro atoms. The zero-order valence-electron chi connectivity index (χ0n) is 14.6. The number of carbonyl (C=O) groups is 1. The van der Waals surface area contributed by atoms with Crippen LogP contribution in [0, 0.1) is 5.92 Å². The minimum Gasteiger partial charge on any atom is -0.432 e. The first-order valence-corrected chi connectivity index (χ1v) is 9.43. The van der Waals surface area contributed by atoms with Crippen LogP contribution < -0.4 is 10.1 Å². The molecule has 0 radical (unpaired) electrons. The van der Waals surface area contributed by atoms with E-state index in [-0.39, 0.29) is 5.91 Å². The van der Waals surface area contributed by atoms with Gasteiger partial charge in [-0.3, -0.25) is 4.79 Å². The predicted octanol–water partition coefficient (Wildman–Crippen LogP) is 4.99. The van der Waals surface area contributed by atoms with Gasteiger partial charge >= 0.3 is 0 Å². The lowest BCUT2D eigenvalue weighted by Gasteiger charge is -2.31. The Labute approximate surface area is 164 Å². The average Bonchev–Trinajstić information content (AvgIpc) is 2.64. The predicted molar refractivity (Wildman–Crippen MR) is 109 cm³/mol. The van der Waals surface area contributed by atoms with E-state index in [0.717, 1.165) is 31.8 Å². The summed E-state index contributed by atoms with van der Waals surface area (Å²) in [7, 11) is 0. The fourth-order valence-electron chi connectivity index (χ4n) is 2.79. The molecule has 26 heavy (non-hydrogen) atoms. The molecule has 0 bridgehead atoms. The number of ether oxygens (including phenoxy) is 1. The van der Waals surface area contributed by atoms with E-state index >= 15 is 0 Å². The van der Waals surface area contributed by atoms with E-state index in [1.54, 1.807) is 48.5 Å². The van der Waals surface area contributed by atoms with E-state index in [9.17, 15) is 4.79 Å². The third-order valence-corrected chi connectivity index (χ3v) is 5.04. The van der Waals surface area contributed by atoms with Gasteiger partial charge in [-0.15, -0.1) is 0 Å². The molecule has 1 heterocycles. The fraction of sp³-hybridized carbons (Fsp3) is 0.300. The van der Waals surface area contributed by atoms with Crippen molar-refractivity contribution in [1.29, 1.82) is 0 Å². The van der Waals surface area contributed by atoms with E-state index in [1.807, 2.05) is 0 Å². The van der Waals surface area contributed by atoms with Crippen LogP contribution in [0.1, 0.15) is 30.1 Å². The standard InChI is InChI=1S/C20H21ClN2O2S/c1-14-9-11-23(12-10-14)20(26)25-18-4-2-3-15(13-18)19(24)22-17-7-5-16(21)6-8-17/h2-8,13-14H,9-12H2,1H3,(H,22,24). The maximum absolute atomic E-state index is 12.4. The molecule has 0 aliphatic carbocycles. The Balaban J connectivity index is 1.63. The number of hydrogen-bond acceptors (Lipinski definition) is 3. The van der Waals surface area contributed by atoms with E-state index < -0.39 is 0 Å². The highest BCUT2D eigenvalue weighted by Crippen LogP contribution is 2.20. The molecule has 1 aliphatic rings. The third-order valence-electron chi connectivity index (χ3n) is 4.45. The molecule has 0 saturated carbocycles. The smallest absolute Gasteiger partial charge is 0.264 e. The minimum absolute atomic E-state index is 0.213. The summed E-state index contributed by atoms with van der Waals surface area (Å²) in [5.74, 6) is 1.09. The Hall–Kier alpha value is -2.11. The summed E-state index contributed by atoms with van der Waals surface area (Å²) < 4.78 is 5.81. The first-order chi connectivity index (χ1) is 12.5. The molecule has 1 aliphatic heterocycles. The van der Waals surface area contributed by atoms with Crippen LogP contribution in [0.15, 0.2) is 48.5 Å². The lowest BCUT2D eigenvalue weighted by atomic mass is 10.00. The Morgan fingerprint density at radius 1 is 1.19 bits per heavy atom. The number of likely N-dealkylation sites (tertiary alicyclic amines) is 1. The minimum atomic E-state index is -0.213. The second-order valence-electron chi connectivity index (χ2n) is 6.53. The van der Waals surface area contributed by atoms with Crippen molar-refractivity contribution in [2.24, 2.45) is 5.92 Å². The molecule has 136 valence electrons. The number of hydrogen-bond donors (Lipinski definition) is 1. The summed E-state index contributed by atoms with van der Waals surface area (Å²) in [6, 6.07) is 14.0. The van der Waals surface area contributed by atoms with Gasteiger partial charge in [-0.05, 0) is 73.4 Å². The Kier molecular flexibility index (Phi) is 6.12. The second kappa shape index (κ2) is 8.52. The van der Waals surface area contributed by atoms with E-state index in [4.69, 9.17) is 28.6 Å². The zero-order valence-corrected chi connectivity index (χ0v) is 16.1. The topological polar surface area (TPSA) is 41.6 Å². The highest BCUT2D eigenvalue weighted by molar-refractivity contribution is 7.80. The van der Waals surface area contributed by atoms with Crippen LogP contribution in [-0.4, -0.2) is 29.1 Å². The summed E-state index contributed by atoms with van der Waals surface area (Å²) in [6.45, 7) is 4.08. The first-order valence-electron chi connectivity index (χ1n) is 8.65. The quantitative estimate of drug-likeness (QED) is 0.752. The van der Waals surface area contributed by atoms with Crippen molar-refractivity contribution >= 4 is 40.6 Å². The van der Waals surface area contributed by atoms with Crippen LogP contribution in [0.3, 0.4) is 0 Å². The van der Waals surface area contributed by atoms with Crippen molar-refractivity contribution in [3.8, 4) is 5.75 Å². The first kappa shape index (κ1) is 18.7. The van der Waals surface area contributed by atoms with Crippen molar-refractivity contribution in [2.45, 2.75) is 19.8 Å². The largest absolute Gasteiger partial charge is 0.432 e. The fourth-order valence-corrected chi connectivity index (χ4v) is 3.20. The van der Waals surface area contributed by atoms with Gasteiger partial charge in [0.05, 0.1) is 0 Å². The number of rotatable bonds is 3. The molecule has 2 aromatic carbocycles. The second-order valence-corrected chi connectivity index (χ2v) is 7.31. The average molecular weight is 389 g/mol. The van der Waals surface area contributed by atoms with Gasteiger partial charge in [0.2, 0.25) is 0 Å². The number of piperidine rings is 1. The van der Waals surface area contributed by atoms with Crippen molar-refractivity contribution in [3.63, 3.8) is 0 Å². The summed E-state index contributed by atoms with van der Waals surface area (Å²) in [5, 5.41) is 3.93. The molecule has 1 N–H and O–H groups in total. The van der Waals surface area contributed by atoms with E-state index in [0.29, 0.717) is 27.2 Å². The monoisotopic (exact) mass is 388 g/mol. The van der Waals surface area contributed by atoms with Gasteiger partial charge in [0.15, 0.2) is 0 Å². The Bertz CT molecular complexity index is 787. The van der Waals surface area contributed by atoms with E-state index in [2.05, 4.69) is 17.1 Å². The molecule has 1 fully saturated rings. The van der Waals surface area contributed by atoms with Gasteiger partial charge < -0.3 is 15.0 Å². The molecule has 4 nitrogen and oxygen atoms in total. The number of nitrogens with one attached hydrogen (secondary N) is 1. The molecular formula is C20H21ClN2O2S. The molecule has 0 aromatic heterocycles. The number of halogens is 1. The number of amides is 1. The van der Waals surface area contributed by atoms with Crippen LogP contribution in [0.25, 0.3) is 0 Å². The molecule has 1 amide bonds. The van der Waals surface area contributed by atoms with Gasteiger partial charge in [-0.25, -0.2) is 0 Å². The summed E-state index contributed by atoms with van der Waals surface area (Å²) in [4.78, 5) is 14.5. The lowest BCUT2D eigenvalue weighted by molar-refractivity contribution is 0.102. The van der Waals surface area contributed by atoms with Crippen molar-refractivity contribution in [3.05, 3.63) is 59.1 Å². The molecule has 6 heteroatoms. The van der Waals surface area contributed by atoms with Crippen LogP contribution in [0.5, 0.6) is 5.75 Å². The summed E-state index contributed by atoms with van der Waals surface area (Å²) in [6.07, 6.45) is 2.24. The summed E-state index contributed by atoms with van der Waals surface area (Å²) >= 11 is 11.3. The summed E-state index contributed by atoms with van der Waals surface area (Å²) in [5.41, 5.74) is 1.19. The van der Waals surface area contributed by atoms with Gasteiger partial charge in [-0.2, -0.15) is 0 Å². The molecule has 0 atom stereocenters. The van der Waals surface area contributed by atoms with E-state index in [1.165, 1.54) is 0 Å². The van der Waals surface area contributed by atoms with Crippen LogP contribution in [0.2, 0.25) is 5.02 Å². The molecule has 0 unspecified atom stereocenters. The SMILES string of the molecule is CC1CCN(C(=S)Oc2cccc(C(=O)Nc3ccc(Cl)cc3)c2)CC1. The maximum atomic E-state index is 12.4. The normalized spacial score (nSPS) is 14.8. The number of thiocarbonyl (C=S) groups is 1. The number of nitrogens with zero attached hydrogens (tertiary/aromatic N) is 1. The third kappa shape index (κ3) is 4.96. The van der Waals surface area contributed by atoms with Crippen LogP contribution in [0.4, 0.5) is 5.69 Å². The Morgan fingerprint density at radius 2 is 1.88 bits per heavy atom.